The fraction of sp³-hybridized carbons (Fsp3) is 0.286. The molecule has 0 bridgehead atoms. The second kappa shape index (κ2) is 7.93. The molecule has 2 N–H and O–H groups in total. The Morgan fingerprint density at radius 1 is 1.18 bits per heavy atom. The minimum absolute atomic E-state index is 0.0824. The van der Waals surface area contributed by atoms with Crippen molar-refractivity contribution in [1.29, 1.82) is 0 Å². The molecule has 5 nitrogen and oxygen atoms in total. The Morgan fingerprint density at radius 3 is 2.79 bits per heavy atom. The van der Waals surface area contributed by atoms with Crippen molar-refractivity contribution in [1.82, 2.24) is 4.98 Å². The van der Waals surface area contributed by atoms with E-state index in [9.17, 15) is 9.59 Å². The van der Waals surface area contributed by atoms with Gasteiger partial charge in [-0.15, -0.1) is 11.8 Å². The molecule has 2 amide bonds. The number of carbonyl (C=O) groups excluding carboxylic acids is 2. The number of rotatable bonds is 6. The zero-order chi connectivity index (χ0) is 19.7. The first kappa shape index (κ1) is 19.0. The average Bonchev–Trinajstić information content (AvgIpc) is 3.43. The molecule has 144 valence electrons. The fourth-order valence-electron chi connectivity index (χ4n) is 2.79. The maximum Gasteiger partial charge on any atom is 0.239 e. The molecule has 2 aromatic carbocycles. The molecule has 1 heterocycles. The highest BCUT2D eigenvalue weighted by Crippen LogP contribution is 2.32. The minimum atomic E-state index is -0.289. The van der Waals surface area contributed by atoms with Gasteiger partial charge in [0.15, 0.2) is 5.13 Å². The molecule has 1 aliphatic rings. The lowest BCUT2D eigenvalue weighted by atomic mass is 10.2. The molecule has 1 fully saturated rings. The number of thioether (sulfide) groups is 1. The van der Waals surface area contributed by atoms with E-state index in [0.29, 0.717) is 5.13 Å². The third-order valence-corrected chi connectivity index (χ3v) is 6.53. The quantitative estimate of drug-likeness (QED) is 0.556. The van der Waals surface area contributed by atoms with Gasteiger partial charge in [-0.1, -0.05) is 23.5 Å². The zero-order valence-corrected chi connectivity index (χ0v) is 17.3. The van der Waals surface area contributed by atoms with Gasteiger partial charge in [-0.05, 0) is 62.6 Å². The van der Waals surface area contributed by atoms with Crippen LogP contribution in [0.4, 0.5) is 10.8 Å². The summed E-state index contributed by atoms with van der Waals surface area (Å²) in [5.41, 5.74) is 2.84. The largest absolute Gasteiger partial charge is 0.326 e. The van der Waals surface area contributed by atoms with Gasteiger partial charge in [0, 0.05) is 16.5 Å². The summed E-state index contributed by atoms with van der Waals surface area (Å²) in [6.07, 6.45) is 1.95. The maximum atomic E-state index is 12.6. The molecule has 7 heteroatoms. The van der Waals surface area contributed by atoms with Crippen LogP contribution in [0.25, 0.3) is 10.2 Å². The predicted molar refractivity (Wildman–Crippen MR) is 116 cm³/mol. The number of nitrogens with zero attached hydrogens (tertiary/aromatic N) is 1. The van der Waals surface area contributed by atoms with Crippen molar-refractivity contribution in [3.8, 4) is 0 Å². The summed E-state index contributed by atoms with van der Waals surface area (Å²) in [5.74, 6) is 0.158. The monoisotopic (exact) mass is 411 g/mol. The van der Waals surface area contributed by atoms with Gasteiger partial charge in [0.2, 0.25) is 11.8 Å². The first-order chi connectivity index (χ1) is 13.5. The van der Waals surface area contributed by atoms with Crippen LogP contribution in [0.2, 0.25) is 0 Å². The van der Waals surface area contributed by atoms with Crippen LogP contribution in [-0.4, -0.2) is 22.0 Å². The Balaban J connectivity index is 1.38. The van der Waals surface area contributed by atoms with E-state index in [1.165, 1.54) is 28.7 Å². The average molecular weight is 412 g/mol. The number of aromatic nitrogens is 1. The van der Waals surface area contributed by atoms with E-state index in [-0.39, 0.29) is 23.0 Å². The summed E-state index contributed by atoms with van der Waals surface area (Å²) in [6, 6.07) is 13.7. The van der Waals surface area contributed by atoms with E-state index in [4.69, 9.17) is 0 Å². The fourth-order valence-corrected chi connectivity index (χ4v) is 4.68. The summed E-state index contributed by atoms with van der Waals surface area (Å²) in [5, 5.41) is 6.19. The predicted octanol–water partition coefficient (Wildman–Crippen LogP) is 5.07. The first-order valence-electron chi connectivity index (χ1n) is 9.23. The van der Waals surface area contributed by atoms with E-state index < -0.39 is 0 Å². The van der Waals surface area contributed by atoms with Gasteiger partial charge in [0.1, 0.15) is 0 Å². The number of thiazole rings is 1. The SMILES string of the molecule is Cc1ccc2nc(NC(=O)C(C)Sc3cccc(NC(=O)C4CC4)c3)sc2c1. The Kier molecular flexibility index (Phi) is 5.37. The third kappa shape index (κ3) is 4.54. The van der Waals surface area contributed by atoms with Crippen LogP contribution in [0.5, 0.6) is 0 Å². The van der Waals surface area contributed by atoms with Crippen molar-refractivity contribution in [2.45, 2.75) is 36.8 Å². The molecule has 1 saturated carbocycles. The Morgan fingerprint density at radius 2 is 2.00 bits per heavy atom. The maximum absolute atomic E-state index is 12.6. The minimum Gasteiger partial charge on any atom is -0.326 e. The van der Waals surface area contributed by atoms with E-state index in [1.807, 2.05) is 50.2 Å². The molecular weight excluding hydrogens is 390 g/mol. The summed E-state index contributed by atoms with van der Waals surface area (Å²) in [4.78, 5) is 29.9. The van der Waals surface area contributed by atoms with Gasteiger partial charge in [-0.2, -0.15) is 0 Å². The van der Waals surface area contributed by atoms with E-state index in [1.54, 1.807) is 0 Å². The molecule has 0 saturated heterocycles. The number of anilines is 2. The summed E-state index contributed by atoms with van der Waals surface area (Å²) < 4.78 is 1.06. The molecule has 1 aliphatic carbocycles. The second-order valence-corrected chi connectivity index (χ2v) is 9.48. The van der Waals surface area contributed by atoms with Gasteiger partial charge < -0.3 is 10.6 Å². The van der Waals surface area contributed by atoms with Crippen molar-refractivity contribution >= 4 is 55.9 Å². The lowest BCUT2D eigenvalue weighted by molar-refractivity contribution is -0.117. The highest BCUT2D eigenvalue weighted by Gasteiger charge is 2.29. The van der Waals surface area contributed by atoms with Crippen LogP contribution in [0.1, 0.15) is 25.3 Å². The Hall–Kier alpha value is -2.38. The molecule has 1 atom stereocenters. The van der Waals surface area contributed by atoms with Crippen LogP contribution >= 0.6 is 23.1 Å². The number of benzene rings is 2. The van der Waals surface area contributed by atoms with Gasteiger partial charge in [-0.25, -0.2) is 4.98 Å². The summed E-state index contributed by atoms with van der Waals surface area (Å²) in [7, 11) is 0. The van der Waals surface area contributed by atoms with Crippen molar-refractivity contribution in [2.75, 3.05) is 10.6 Å². The molecule has 4 rings (SSSR count). The van der Waals surface area contributed by atoms with Gasteiger partial charge in [0.25, 0.3) is 0 Å². The lowest BCUT2D eigenvalue weighted by Gasteiger charge is -2.12. The van der Waals surface area contributed by atoms with Gasteiger partial charge in [0.05, 0.1) is 15.5 Å². The number of amides is 2. The number of hydrogen-bond acceptors (Lipinski definition) is 5. The normalized spacial score (nSPS) is 14.6. The van der Waals surface area contributed by atoms with Crippen LogP contribution in [0, 0.1) is 12.8 Å². The summed E-state index contributed by atoms with van der Waals surface area (Å²) >= 11 is 2.94. The lowest BCUT2D eigenvalue weighted by Crippen LogP contribution is -2.22. The number of carbonyl (C=O) groups is 2. The molecule has 0 radical (unpaired) electrons. The number of nitrogens with one attached hydrogen (secondary N) is 2. The molecule has 28 heavy (non-hydrogen) atoms. The Bertz CT molecular complexity index is 1040. The van der Waals surface area contributed by atoms with Crippen molar-refractivity contribution < 1.29 is 9.59 Å². The number of aryl methyl sites for hydroxylation is 1. The highest BCUT2D eigenvalue weighted by atomic mass is 32.2. The van der Waals surface area contributed by atoms with Crippen molar-refractivity contribution in [2.24, 2.45) is 5.92 Å². The topological polar surface area (TPSA) is 71.1 Å². The third-order valence-electron chi connectivity index (χ3n) is 4.51. The highest BCUT2D eigenvalue weighted by molar-refractivity contribution is 8.00. The molecule has 1 aromatic heterocycles. The van der Waals surface area contributed by atoms with Crippen molar-refractivity contribution in [3.05, 3.63) is 48.0 Å². The van der Waals surface area contributed by atoms with E-state index >= 15 is 0 Å². The molecule has 3 aromatic rings. The summed E-state index contributed by atoms with van der Waals surface area (Å²) in [6.45, 7) is 3.91. The Labute approximate surface area is 171 Å². The smallest absolute Gasteiger partial charge is 0.239 e. The van der Waals surface area contributed by atoms with Crippen LogP contribution in [-0.2, 0) is 9.59 Å². The molecular formula is C21H21N3O2S2. The van der Waals surface area contributed by atoms with Crippen molar-refractivity contribution in [3.63, 3.8) is 0 Å². The van der Waals surface area contributed by atoms with E-state index in [2.05, 4.69) is 21.7 Å². The first-order valence-corrected chi connectivity index (χ1v) is 10.9. The van der Waals surface area contributed by atoms with E-state index in [0.717, 1.165) is 33.6 Å². The molecule has 1 unspecified atom stereocenters. The van der Waals surface area contributed by atoms with Crippen LogP contribution in [0.15, 0.2) is 47.4 Å². The molecule has 0 aliphatic heterocycles. The van der Waals surface area contributed by atoms with Crippen LogP contribution in [0.3, 0.4) is 0 Å². The zero-order valence-electron chi connectivity index (χ0n) is 15.7. The van der Waals surface area contributed by atoms with Crippen LogP contribution < -0.4 is 10.6 Å². The molecule has 0 spiro atoms. The van der Waals surface area contributed by atoms with Gasteiger partial charge in [-0.3, -0.25) is 9.59 Å². The second-order valence-electron chi connectivity index (χ2n) is 7.03. The standard InChI is InChI=1S/C21H21N3O2S2/c1-12-6-9-17-18(10-12)28-21(23-17)24-19(25)13(2)27-16-5-3-4-15(11-16)22-20(26)14-7-8-14/h3-6,9-11,13-14H,7-8H2,1-2H3,(H,22,26)(H,23,24,25). The number of hydrogen-bond donors (Lipinski definition) is 2. The van der Waals surface area contributed by atoms with Gasteiger partial charge >= 0.3 is 0 Å². The number of fused-ring (bicyclic) bond motifs is 1.